The Morgan fingerprint density at radius 3 is 2.37 bits per heavy atom. The number of benzene rings is 3. The lowest BCUT2D eigenvalue weighted by molar-refractivity contribution is -0.139. The molecule has 1 aromatic heterocycles. The van der Waals surface area contributed by atoms with Gasteiger partial charge in [0.25, 0.3) is 0 Å². The largest absolute Gasteiger partial charge is 0.482 e. The van der Waals surface area contributed by atoms with E-state index in [0.29, 0.717) is 30.2 Å². The number of aliphatic hydroxyl groups excluding tert-OH is 1. The molecule has 0 radical (unpaired) electrons. The van der Waals surface area contributed by atoms with Crippen LogP contribution in [0.2, 0.25) is 0 Å². The van der Waals surface area contributed by atoms with Gasteiger partial charge in [-0.05, 0) is 42.9 Å². The van der Waals surface area contributed by atoms with Crippen LogP contribution in [0.3, 0.4) is 0 Å². The number of carbonyl (C=O) groups is 1. The van der Waals surface area contributed by atoms with Crippen LogP contribution in [0.25, 0.3) is 22.6 Å². The maximum absolute atomic E-state index is 10.9. The zero-order valence-electron chi connectivity index (χ0n) is 19.2. The smallest absolute Gasteiger partial charge is 0.341 e. The molecule has 5 rings (SSSR count). The van der Waals surface area contributed by atoms with Gasteiger partial charge in [0.15, 0.2) is 12.4 Å². The number of oxazole rings is 1. The molecule has 3 aromatic carbocycles. The molecule has 1 saturated carbocycles. The summed E-state index contributed by atoms with van der Waals surface area (Å²) in [6.45, 7) is -0.380. The minimum absolute atomic E-state index is 0.130. The first-order valence-corrected chi connectivity index (χ1v) is 11.8. The summed E-state index contributed by atoms with van der Waals surface area (Å²) in [5.41, 5.74) is 3.70. The number of hydrogen-bond acceptors (Lipinski definition) is 5. The molecule has 0 saturated heterocycles. The van der Waals surface area contributed by atoms with Crippen LogP contribution in [0.4, 0.5) is 0 Å². The van der Waals surface area contributed by atoms with Crippen LogP contribution >= 0.6 is 0 Å². The first kappa shape index (κ1) is 22.9. The highest BCUT2D eigenvalue weighted by Crippen LogP contribution is 2.44. The summed E-state index contributed by atoms with van der Waals surface area (Å²) in [4.78, 5) is 15.8. The number of rotatable bonds is 8. The summed E-state index contributed by atoms with van der Waals surface area (Å²) < 4.78 is 11.7. The van der Waals surface area contributed by atoms with Gasteiger partial charge in [0, 0.05) is 11.1 Å². The van der Waals surface area contributed by atoms with Gasteiger partial charge >= 0.3 is 5.97 Å². The fourth-order valence-corrected chi connectivity index (χ4v) is 4.92. The summed E-state index contributed by atoms with van der Waals surface area (Å²) in [6, 6.07) is 27.3. The van der Waals surface area contributed by atoms with Crippen molar-refractivity contribution in [2.45, 2.75) is 31.3 Å². The maximum atomic E-state index is 10.9. The molecule has 35 heavy (non-hydrogen) atoms. The van der Waals surface area contributed by atoms with E-state index in [2.05, 4.69) is 0 Å². The van der Waals surface area contributed by atoms with E-state index in [-0.39, 0.29) is 18.4 Å². The van der Waals surface area contributed by atoms with Gasteiger partial charge in [0.2, 0.25) is 5.89 Å². The molecule has 6 nitrogen and oxygen atoms in total. The molecular formula is C29H27NO5. The van der Waals surface area contributed by atoms with Crippen molar-refractivity contribution in [3.8, 4) is 28.3 Å². The lowest BCUT2D eigenvalue weighted by Crippen LogP contribution is -2.19. The molecule has 0 amide bonds. The van der Waals surface area contributed by atoms with Gasteiger partial charge in [-0.15, -0.1) is 0 Å². The number of aromatic nitrogens is 1. The lowest BCUT2D eigenvalue weighted by Gasteiger charge is -2.19. The second-order valence-corrected chi connectivity index (χ2v) is 8.93. The second-order valence-electron chi connectivity index (χ2n) is 8.93. The van der Waals surface area contributed by atoms with Gasteiger partial charge in [0.1, 0.15) is 11.4 Å². The van der Waals surface area contributed by atoms with Gasteiger partial charge in [-0.2, -0.15) is 0 Å². The van der Waals surface area contributed by atoms with Crippen molar-refractivity contribution in [2.75, 3.05) is 6.61 Å². The van der Waals surface area contributed by atoms with Crippen molar-refractivity contribution in [1.82, 2.24) is 4.98 Å². The first-order valence-electron chi connectivity index (χ1n) is 11.8. The Labute approximate surface area is 203 Å². The van der Waals surface area contributed by atoms with Crippen molar-refractivity contribution in [3.05, 3.63) is 96.4 Å². The Morgan fingerprint density at radius 2 is 1.66 bits per heavy atom. The Balaban J connectivity index is 1.46. The second kappa shape index (κ2) is 10.2. The van der Waals surface area contributed by atoms with Crippen molar-refractivity contribution >= 4 is 5.97 Å². The molecule has 0 bridgehead atoms. The molecule has 6 heteroatoms. The molecule has 1 aliphatic carbocycles. The molecule has 1 heterocycles. The van der Waals surface area contributed by atoms with Gasteiger partial charge in [0.05, 0.1) is 12.0 Å². The average molecular weight is 470 g/mol. The van der Waals surface area contributed by atoms with Crippen LogP contribution in [0.5, 0.6) is 5.75 Å². The first-order chi connectivity index (χ1) is 17.1. The zero-order valence-corrected chi connectivity index (χ0v) is 19.2. The highest BCUT2D eigenvalue weighted by Gasteiger charge is 2.40. The fraction of sp³-hybridized carbons (Fsp3) is 0.241. The van der Waals surface area contributed by atoms with Gasteiger partial charge in [-0.1, -0.05) is 72.8 Å². The molecule has 1 aliphatic rings. The van der Waals surface area contributed by atoms with Crippen molar-refractivity contribution in [2.24, 2.45) is 5.92 Å². The van der Waals surface area contributed by atoms with E-state index in [4.69, 9.17) is 19.2 Å². The minimum atomic E-state index is -1.01. The molecule has 3 unspecified atom stereocenters. The number of hydrogen-bond donors (Lipinski definition) is 2. The number of carboxylic acid groups (broad SMARTS) is 1. The topological polar surface area (TPSA) is 92.8 Å². The number of nitrogens with zero attached hydrogens (tertiary/aromatic N) is 1. The third kappa shape index (κ3) is 5.12. The number of carboxylic acids is 1. The number of aliphatic carboxylic acids is 1. The van der Waals surface area contributed by atoms with E-state index >= 15 is 0 Å². The van der Waals surface area contributed by atoms with Crippen molar-refractivity contribution in [1.29, 1.82) is 0 Å². The number of aliphatic hydroxyl groups is 1. The predicted octanol–water partition coefficient (Wildman–Crippen LogP) is 5.57. The average Bonchev–Trinajstić information content (AvgIpc) is 3.47. The maximum Gasteiger partial charge on any atom is 0.341 e. The fourth-order valence-electron chi connectivity index (χ4n) is 4.92. The monoisotopic (exact) mass is 469 g/mol. The van der Waals surface area contributed by atoms with Crippen LogP contribution in [0.15, 0.2) is 89.3 Å². The zero-order chi connectivity index (χ0) is 24.2. The van der Waals surface area contributed by atoms with Gasteiger partial charge < -0.3 is 19.4 Å². The highest BCUT2D eigenvalue weighted by atomic mass is 16.5. The van der Waals surface area contributed by atoms with E-state index in [9.17, 15) is 9.90 Å². The van der Waals surface area contributed by atoms with E-state index in [0.717, 1.165) is 28.8 Å². The van der Waals surface area contributed by atoms with E-state index in [1.165, 1.54) is 0 Å². The van der Waals surface area contributed by atoms with Crippen LogP contribution in [0.1, 0.15) is 30.2 Å². The van der Waals surface area contributed by atoms with Crippen LogP contribution in [-0.4, -0.2) is 33.9 Å². The third-order valence-electron chi connectivity index (χ3n) is 6.53. The summed E-state index contributed by atoms with van der Waals surface area (Å²) >= 11 is 0. The summed E-state index contributed by atoms with van der Waals surface area (Å²) in [6.07, 6.45) is 1.68. The van der Waals surface area contributed by atoms with Gasteiger partial charge in [-0.3, -0.25) is 0 Å². The summed E-state index contributed by atoms with van der Waals surface area (Å²) in [5, 5.41) is 19.8. The Bertz CT molecular complexity index is 1230. The molecular weight excluding hydrogens is 442 g/mol. The SMILES string of the molecule is O=C(O)COc1cccc(CC2CCC(O)C2c2nc(-c3ccccc3)c(-c3ccccc3)o2)c1. The van der Waals surface area contributed by atoms with Crippen molar-refractivity contribution in [3.63, 3.8) is 0 Å². The molecule has 0 spiro atoms. The highest BCUT2D eigenvalue weighted by molar-refractivity contribution is 5.76. The molecule has 3 atom stereocenters. The summed E-state index contributed by atoms with van der Waals surface area (Å²) in [5.74, 6) is 0.657. The van der Waals surface area contributed by atoms with Crippen LogP contribution in [0, 0.1) is 5.92 Å². The van der Waals surface area contributed by atoms with E-state index in [1.54, 1.807) is 6.07 Å². The molecule has 178 valence electrons. The van der Waals surface area contributed by atoms with Crippen molar-refractivity contribution < 1.29 is 24.2 Å². The normalized spacial score (nSPS) is 19.5. The number of ether oxygens (including phenoxy) is 1. The molecule has 2 N–H and O–H groups in total. The van der Waals surface area contributed by atoms with E-state index in [1.807, 2.05) is 78.9 Å². The standard InChI is InChI=1S/C29H27NO5/c31-24-15-14-22(16-19-8-7-13-23(17-19)34-18-25(32)33)26(24)29-30-27(20-9-3-1-4-10-20)28(35-29)21-11-5-2-6-12-21/h1-13,17,22,24,26,31H,14-16,18H2,(H,32,33). The minimum Gasteiger partial charge on any atom is -0.482 e. The molecule has 4 aromatic rings. The lowest BCUT2D eigenvalue weighted by atomic mass is 9.88. The van der Waals surface area contributed by atoms with Gasteiger partial charge in [-0.25, -0.2) is 9.78 Å². The Morgan fingerprint density at radius 1 is 0.943 bits per heavy atom. The van der Waals surface area contributed by atoms with Crippen LogP contribution < -0.4 is 4.74 Å². The van der Waals surface area contributed by atoms with E-state index < -0.39 is 12.1 Å². The molecule has 0 aliphatic heterocycles. The quantitative estimate of drug-likeness (QED) is 0.351. The Kier molecular flexibility index (Phi) is 6.64. The third-order valence-corrected chi connectivity index (χ3v) is 6.53. The van der Waals surface area contributed by atoms with Crippen LogP contribution in [-0.2, 0) is 11.2 Å². The molecule has 1 fully saturated rings. The Hall–Kier alpha value is -3.90. The predicted molar refractivity (Wildman–Crippen MR) is 132 cm³/mol. The summed E-state index contributed by atoms with van der Waals surface area (Å²) in [7, 11) is 0.